The number of nitrogens with zero attached hydrogens (tertiary/aromatic N) is 4. The molecule has 2 aliphatic rings. The molecule has 2 unspecified atom stereocenters. The molecule has 2 aromatic heterocycles. The Morgan fingerprint density at radius 3 is 2.49 bits per heavy atom. The number of benzene rings is 2. The Morgan fingerprint density at radius 1 is 1.00 bits per heavy atom. The zero-order valence-electron chi connectivity index (χ0n) is 28.8. The number of β-amino-alcohol motifs (C(OH)–C–C–N with tert-alkyl or cyclic N) is 1. The van der Waals surface area contributed by atoms with Crippen LogP contribution in [-0.2, 0) is 19.1 Å². The fourth-order valence-corrected chi connectivity index (χ4v) is 5.90. The molecule has 51 heavy (non-hydrogen) atoms. The molecule has 1 saturated carbocycles. The number of aliphatic hydroxyl groups is 1. The summed E-state index contributed by atoms with van der Waals surface area (Å²) in [6.07, 6.45) is 3.75. The predicted octanol–water partition coefficient (Wildman–Crippen LogP) is 3.71. The zero-order chi connectivity index (χ0) is 36.0. The third-order valence-corrected chi connectivity index (χ3v) is 8.72. The van der Waals surface area contributed by atoms with Crippen molar-refractivity contribution in [3.8, 4) is 23.0 Å². The van der Waals surface area contributed by atoms with Gasteiger partial charge in [0.05, 0.1) is 25.4 Å². The van der Waals surface area contributed by atoms with E-state index < -0.39 is 17.4 Å². The Hall–Kier alpha value is -5.31. The molecule has 3 heterocycles. The molecule has 4 aromatic rings. The molecule has 3 N–H and O–H groups in total. The van der Waals surface area contributed by atoms with E-state index in [-0.39, 0.29) is 31.1 Å². The quantitative estimate of drug-likeness (QED) is 0.122. The molecule has 0 spiro atoms. The Labute approximate surface area is 295 Å². The number of likely N-dealkylation sites (N-methyl/N-ethyl adjacent to an activating group) is 1. The lowest BCUT2D eigenvalue weighted by Crippen LogP contribution is -2.35. The van der Waals surface area contributed by atoms with Crippen molar-refractivity contribution in [2.45, 2.75) is 31.5 Å². The highest BCUT2D eigenvalue weighted by atomic mass is 16.5. The number of methoxy groups -OCH3 is 1. The maximum Gasteiger partial charge on any atom is 0.320 e. The van der Waals surface area contributed by atoms with Gasteiger partial charge >= 0.3 is 5.97 Å². The Morgan fingerprint density at radius 2 is 1.78 bits per heavy atom. The molecule has 0 bridgehead atoms. The number of ether oxygens (including phenoxy) is 4. The molecule has 2 atom stereocenters. The molecule has 0 radical (unpaired) electrons. The van der Waals surface area contributed by atoms with E-state index in [1.807, 2.05) is 32.3 Å². The standard InChI is InChI=1S/C37H42N6O8/c1-42(2)22-34(45)51-27-12-16-43(21-27)20-25(44)23-49-32-18-29-28(17-31(32)48-3)30(11-15-38-29)50-26-9-10-33(39-19-26)41-36(47)37(13-14-37)35(46)40-24-7-5-4-6-8-24/h4-11,15,17-19,25,27,44H,12-14,16,20-23H2,1-3H3,(H,40,46)(H,39,41,47). The second kappa shape index (κ2) is 15.7. The number of rotatable bonds is 15. The number of hydrogen-bond acceptors (Lipinski definition) is 12. The second-order valence-corrected chi connectivity index (χ2v) is 13.0. The number of nitrogens with one attached hydrogen (secondary N) is 2. The van der Waals surface area contributed by atoms with E-state index in [9.17, 15) is 19.5 Å². The molecule has 1 saturated heterocycles. The van der Waals surface area contributed by atoms with Crippen molar-refractivity contribution in [3.05, 3.63) is 73.1 Å². The van der Waals surface area contributed by atoms with Crippen molar-refractivity contribution in [1.29, 1.82) is 0 Å². The first-order chi connectivity index (χ1) is 24.6. The largest absolute Gasteiger partial charge is 0.493 e. The highest BCUT2D eigenvalue weighted by molar-refractivity contribution is 6.16. The number of hydrogen-bond donors (Lipinski definition) is 3. The van der Waals surface area contributed by atoms with Crippen molar-refractivity contribution in [2.75, 3.05) is 64.6 Å². The summed E-state index contributed by atoms with van der Waals surface area (Å²) in [6, 6.07) is 17.5. The van der Waals surface area contributed by atoms with Crippen molar-refractivity contribution >= 4 is 40.2 Å². The minimum atomic E-state index is -1.12. The normalized spacial score (nSPS) is 17.1. The van der Waals surface area contributed by atoms with Gasteiger partial charge in [-0.1, -0.05) is 18.2 Å². The SMILES string of the molecule is COc1cc2c(Oc3ccc(NC(=O)C4(C(=O)Nc5ccccc5)CC4)nc3)ccnc2cc1OCC(O)CN1CCC(OC(=O)CN(C)C)C1. The number of amides is 2. The Kier molecular flexibility index (Phi) is 10.9. The summed E-state index contributed by atoms with van der Waals surface area (Å²) < 4.78 is 23.3. The minimum Gasteiger partial charge on any atom is -0.493 e. The minimum absolute atomic E-state index is 0.0208. The van der Waals surface area contributed by atoms with E-state index in [4.69, 9.17) is 18.9 Å². The van der Waals surface area contributed by atoms with Gasteiger partial charge in [0.15, 0.2) is 11.5 Å². The maximum atomic E-state index is 13.1. The van der Waals surface area contributed by atoms with Crippen molar-refractivity contribution in [1.82, 2.24) is 19.8 Å². The predicted molar refractivity (Wildman–Crippen MR) is 189 cm³/mol. The number of pyridine rings is 2. The third-order valence-electron chi connectivity index (χ3n) is 8.72. The fraction of sp³-hybridized carbons (Fsp3) is 0.378. The Bertz CT molecular complexity index is 1850. The molecular weight excluding hydrogens is 656 g/mol. The lowest BCUT2D eigenvalue weighted by atomic mass is 10.1. The smallest absolute Gasteiger partial charge is 0.320 e. The van der Waals surface area contributed by atoms with Crippen LogP contribution < -0.4 is 24.8 Å². The molecule has 1 aliphatic carbocycles. The molecule has 1 aliphatic heterocycles. The van der Waals surface area contributed by atoms with Gasteiger partial charge in [-0.3, -0.25) is 29.2 Å². The molecule has 2 fully saturated rings. The summed E-state index contributed by atoms with van der Waals surface area (Å²) in [5, 5.41) is 17.0. The summed E-state index contributed by atoms with van der Waals surface area (Å²) in [7, 11) is 5.16. The monoisotopic (exact) mass is 698 g/mol. The van der Waals surface area contributed by atoms with Gasteiger partial charge in [-0.15, -0.1) is 0 Å². The number of carbonyl (C=O) groups excluding carboxylic acids is 3. The summed E-state index contributed by atoms with van der Waals surface area (Å²) in [4.78, 5) is 50.6. The van der Waals surface area contributed by atoms with Crippen LogP contribution in [-0.4, -0.2) is 109 Å². The lowest BCUT2D eigenvalue weighted by molar-refractivity contribution is -0.149. The van der Waals surface area contributed by atoms with Gasteiger partial charge in [0.2, 0.25) is 11.8 Å². The van der Waals surface area contributed by atoms with E-state index in [1.54, 1.807) is 53.6 Å². The van der Waals surface area contributed by atoms with E-state index in [0.29, 0.717) is 84.3 Å². The maximum absolute atomic E-state index is 13.1. The van der Waals surface area contributed by atoms with E-state index in [2.05, 4.69) is 25.5 Å². The highest BCUT2D eigenvalue weighted by Gasteiger charge is 2.56. The summed E-state index contributed by atoms with van der Waals surface area (Å²) in [6.45, 7) is 1.89. The molecule has 6 rings (SSSR count). The van der Waals surface area contributed by atoms with Gasteiger partial charge in [-0.2, -0.15) is 0 Å². The lowest BCUT2D eigenvalue weighted by Gasteiger charge is -2.21. The van der Waals surface area contributed by atoms with Gasteiger partial charge in [0, 0.05) is 43.0 Å². The number of aromatic nitrogens is 2. The van der Waals surface area contributed by atoms with Crippen LogP contribution in [0.1, 0.15) is 19.3 Å². The zero-order valence-corrected chi connectivity index (χ0v) is 28.8. The number of anilines is 2. The molecule has 2 aromatic carbocycles. The number of esters is 1. The van der Waals surface area contributed by atoms with Crippen LogP contribution in [0.3, 0.4) is 0 Å². The highest BCUT2D eigenvalue weighted by Crippen LogP contribution is 2.47. The number of fused-ring (bicyclic) bond motifs is 1. The number of carbonyl (C=O) groups is 3. The van der Waals surface area contributed by atoms with E-state index in [0.717, 1.165) is 0 Å². The topological polar surface area (TPSA) is 165 Å². The van der Waals surface area contributed by atoms with Crippen LogP contribution in [0.25, 0.3) is 10.9 Å². The fourth-order valence-electron chi connectivity index (χ4n) is 5.90. The molecule has 14 nitrogen and oxygen atoms in total. The molecule has 268 valence electrons. The summed E-state index contributed by atoms with van der Waals surface area (Å²) in [5.74, 6) is 1.05. The molecule has 2 amide bonds. The molecular formula is C37H42N6O8. The number of aliphatic hydroxyl groups excluding tert-OH is 1. The summed E-state index contributed by atoms with van der Waals surface area (Å²) >= 11 is 0. The second-order valence-electron chi connectivity index (χ2n) is 13.0. The van der Waals surface area contributed by atoms with Gasteiger partial charge in [0.1, 0.15) is 41.5 Å². The van der Waals surface area contributed by atoms with Crippen LogP contribution in [0.2, 0.25) is 0 Å². The van der Waals surface area contributed by atoms with Crippen LogP contribution in [0.5, 0.6) is 23.0 Å². The first-order valence-electron chi connectivity index (χ1n) is 16.8. The number of para-hydroxylation sites is 1. The first-order valence-corrected chi connectivity index (χ1v) is 16.8. The van der Waals surface area contributed by atoms with Crippen LogP contribution in [0.4, 0.5) is 11.5 Å². The average molecular weight is 699 g/mol. The van der Waals surface area contributed by atoms with Gasteiger partial charge < -0.3 is 34.7 Å². The third kappa shape index (κ3) is 8.89. The summed E-state index contributed by atoms with van der Waals surface area (Å²) in [5.41, 5.74) is 0.0963. The van der Waals surface area contributed by atoms with Gasteiger partial charge in [0.25, 0.3) is 0 Å². The first kappa shape index (κ1) is 35.5. The van der Waals surface area contributed by atoms with Crippen molar-refractivity contribution < 1.29 is 38.4 Å². The van der Waals surface area contributed by atoms with Crippen LogP contribution >= 0.6 is 0 Å². The average Bonchev–Trinajstić information content (AvgIpc) is 3.83. The number of likely N-dealkylation sites (tertiary alicyclic amines) is 1. The molecule has 14 heteroatoms. The van der Waals surface area contributed by atoms with Gasteiger partial charge in [-0.05, 0) is 69.8 Å². The van der Waals surface area contributed by atoms with Crippen LogP contribution in [0.15, 0.2) is 73.1 Å². The van der Waals surface area contributed by atoms with Crippen molar-refractivity contribution in [3.63, 3.8) is 0 Å². The van der Waals surface area contributed by atoms with Gasteiger partial charge in [-0.25, -0.2) is 4.98 Å². The van der Waals surface area contributed by atoms with Crippen molar-refractivity contribution in [2.24, 2.45) is 5.41 Å². The van der Waals surface area contributed by atoms with E-state index >= 15 is 0 Å². The van der Waals surface area contributed by atoms with Crippen LogP contribution in [0, 0.1) is 5.41 Å². The van der Waals surface area contributed by atoms with E-state index in [1.165, 1.54) is 13.3 Å². The Balaban J connectivity index is 1.03.